The largest absolute Gasteiger partial charge is 0.360 e. The summed E-state index contributed by atoms with van der Waals surface area (Å²) in [4.78, 5) is 4.63. The summed E-state index contributed by atoms with van der Waals surface area (Å²) >= 11 is 0. The second-order valence-corrected chi connectivity index (χ2v) is 13.6. The molecule has 2 unspecified atom stereocenters. The van der Waals surface area contributed by atoms with Gasteiger partial charge in [0.05, 0.1) is 19.0 Å². The maximum atomic E-state index is 6.88. The molecule has 1 aliphatic heterocycles. The lowest BCUT2D eigenvalue weighted by Crippen LogP contribution is -2.42. The van der Waals surface area contributed by atoms with Crippen LogP contribution in [0.1, 0.15) is 72.6 Å². The molecule has 4 heteroatoms. The predicted molar refractivity (Wildman–Crippen MR) is 194 cm³/mol. The Balaban J connectivity index is 1.06. The third kappa shape index (κ3) is 5.23. The summed E-state index contributed by atoms with van der Waals surface area (Å²) in [5.41, 5.74) is 20.6. The number of hydrogen-bond acceptors (Lipinski definition) is 3. The SMILES string of the molecule is CC1(C)c2ccccc2Nc2ccc(/C=C/CN=CNC(N)C(c3ccccc3)c3ccc4c(c3)C(C)(C)c3ccccc3-4)cc21. The van der Waals surface area contributed by atoms with Crippen LogP contribution in [0.2, 0.25) is 0 Å². The number of fused-ring (bicyclic) bond motifs is 5. The number of aliphatic imine (C=N–C) groups is 1. The molecule has 0 amide bonds. The maximum Gasteiger partial charge on any atom is 0.0862 e. The Kier molecular flexibility index (Phi) is 7.62. The highest BCUT2D eigenvalue weighted by Gasteiger charge is 2.36. The van der Waals surface area contributed by atoms with Gasteiger partial charge in [0.25, 0.3) is 0 Å². The minimum absolute atomic E-state index is 0.0365. The van der Waals surface area contributed by atoms with E-state index in [9.17, 15) is 0 Å². The van der Waals surface area contributed by atoms with Crippen LogP contribution in [0.15, 0.2) is 126 Å². The normalized spacial score (nSPS) is 16.6. The Morgan fingerprint density at radius 2 is 1.35 bits per heavy atom. The van der Waals surface area contributed by atoms with Gasteiger partial charge in [0.1, 0.15) is 0 Å². The number of benzene rings is 5. The van der Waals surface area contributed by atoms with Crippen molar-refractivity contribution in [3.8, 4) is 11.1 Å². The van der Waals surface area contributed by atoms with Crippen LogP contribution < -0.4 is 16.4 Å². The van der Waals surface area contributed by atoms with Gasteiger partial charge in [0.15, 0.2) is 0 Å². The summed E-state index contributed by atoms with van der Waals surface area (Å²) in [6.07, 6.45) is 5.65. The Labute approximate surface area is 273 Å². The summed E-state index contributed by atoms with van der Waals surface area (Å²) < 4.78 is 0. The lowest BCUT2D eigenvalue weighted by atomic mass is 9.74. The van der Waals surface area contributed by atoms with E-state index in [-0.39, 0.29) is 22.9 Å². The number of rotatable bonds is 8. The Morgan fingerprint density at radius 1 is 0.674 bits per heavy atom. The van der Waals surface area contributed by atoms with Gasteiger partial charge in [-0.1, -0.05) is 137 Å². The van der Waals surface area contributed by atoms with Gasteiger partial charge in [-0.2, -0.15) is 0 Å². The van der Waals surface area contributed by atoms with Crippen LogP contribution in [-0.4, -0.2) is 19.0 Å². The third-order valence-corrected chi connectivity index (χ3v) is 9.95. The van der Waals surface area contributed by atoms with E-state index < -0.39 is 0 Å². The van der Waals surface area contributed by atoms with Crippen LogP contribution in [-0.2, 0) is 10.8 Å². The molecule has 0 spiro atoms. The van der Waals surface area contributed by atoms with Gasteiger partial charge in [-0.3, -0.25) is 4.99 Å². The molecule has 2 atom stereocenters. The summed E-state index contributed by atoms with van der Waals surface area (Å²) in [7, 11) is 0. The standard InChI is InChI=1S/C42H42N4/c1-41(2)33-17-9-8-16-31(33)32-22-21-30(26-35(32)41)39(29-14-6-5-7-15-29)40(43)45-27-44-24-12-13-28-20-23-38-36(25-28)42(3,4)34-18-10-11-19-37(34)46-38/h5-23,25-27,39-40,46H,24,43H2,1-4H3,(H,44,45)/b13-12+. The zero-order valence-electron chi connectivity index (χ0n) is 27.1. The molecule has 5 aromatic carbocycles. The van der Waals surface area contributed by atoms with E-state index in [1.165, 1.54) is 61.4 Å². The molecule has 1 heterocycles. The van der Waals surface area contributed by atoms with Crippen LogP contribution in [0.25, 0.3) is 17.2 Å². The maximum absolute atomic E-state index is 6.88. The molecule has 0 fully saturated rings. The first kappa shape index (κ1) is 29.8. The molecular formula is C42H42N4. The second kappa shape index (κ2) is 11.8. The van der Waals surface area contributed by atoms with Crippen molar-refractivity contribution in [1.82, 2.24) is 5.32 Å². The Morgan fingerprint density at radius 3 is 2.17 bits per heavy atom. The van der Waals surface area contributed by atoms with Gasteiger partial charge in [-0.15, -0.1) is 0 Å². The highest BCUT2D eigenvalue weighted by molar-refractivity contribution is 5.81. The van der Waals surface area contributed by atoms with E-state index in [2.05, 4.69) is 171 Å². The number of nitrogens with zero attached hydrogens (tertiary/aromatic N) is 1. The summed E-state index contributed by atoms with van der Waals surface area (Å²) in [6.45, 7) is 9.78. The van der Waals surface area contributed by atoms with Crippen molar-refractivity contribution in [1.29, 1.82) is 0 Å². The van der Waals surface area contributed by atoms with Crippen molar-refractivity contribution < 1.29 is 0 Å². The molecule has 7 rings (SSSR count). The molecule has 2 aliphatic rings. The van der Waals surface area contributed by atoms with Crippen LogP contribution in [0, 0.1) is 0 Å². The molecule has 0 saturated carbocycles. The monoisotopic (exact) mass is 602 g/mol. The van der Waals surface area contributed by atoms with Crippen molar-refractivity contribution >= 4 is 23.8 Å². The Bertz CT molecular complexity index is 1950. The van der Waals surface area contributed by atoms with E-state index >= 15 is 0 Å². The highest BCUT2D eigenvalue weighted by Crippen LogP contribution is 2.49. The van der Waals surface area contributed by atoms with Crippen LogP contribution in [0.4, 0.5) is 11.4 Å². The minimum Gasteiger partial charge on any atom is -0.360 e. The molecule has 4 nitrogen and oxygen atoms in total. The molecule has 4 N–H and O–H groups in total. The van der Waals surface area contributed by atoms with E-state index in [0.29, 0.717) is 6.54 Å². The molecular weight excluding hydrogens is 560 g/mol. The van der Waals surface area contributed by atoms with Crippen molar-refractivity contribution in [2.75, 3.05) is 11.9 Å². The lowest BCUT2D eigenvalue weighted by Gasteiger charge is -2.35. The van der Waals surface area contributed by atoms with Gasteiger partial charge >= 0.3 is 0 Å². The highest BCUT2D eigenvalue weighted by atomic mass is 15.1. The van der Waals surface area contributed by atoms with Gasteiger partial charge in [-0.25, -0.2) is 0 Å². The zero-order valence-corrected chi connectivity index (χ0v) is 27.1. The molecule has 5 aromatic rings. The van der Waals surface area contributed by atoms with Gasteiger partial charge in [0.2, 0.25) is 0 Å². The molecule has 0 bridgehead atoms. The fourth-order valence-corrected chi connectivity index (χ4v) is 7.44. The van der Waals surface area contributed by atoms with Crippen LogP contribution in [0.5, 0.6) is 0 Å². The van der Waals surface area contributed by atoms with Gasteiger partial charge in [0, 0.05) is 28.1 Å². The first-order valence-corrected chi connectivity index (χ1v) is 16.2. The topological polar surface area (TPSA) is 62.4 Å². The first-order valence-electron chi connectivity index (χ1n) is 16.2. The predicted octanol–water partition coefficient (Wildman–Crippen LogP) is 9.12. The van der Waals surface area contributed by atoms with E-state index in [4.69, 9.17) is 5.73 Å². The zero-order chi connectivity index (χ0) is 31.9. The number of hydrogen-bond donors (Lipinski definition) is 3. The number of nitrogens with two attached hydrogens (primary N) is 1. The molecule has 0 radical (unpaired) electrons. The minimum atomic E-state index is -0.349. The second-order valence-electron chi connectivity index (χ2n) is 13.6. The Hall–Kier alpha value is -4.93. The molecule has 1 aliphatic carbocycles. The summed E-state index contributed by atoms with van der Waals surface area (Å²) in [5, 5.41) is 6.99. The van der Waals surface area contributed by atoms with E-state index in [1.807, 2.05) is 0 Å². The lowest BCUT2D eigenvalue weighted by molar-refractivity contribution is 0.564. The number of para-hydroxylation sites is 1. The molecule has 0 aromatic heterocycles. The van der Waals surface area contributed by atoms with Crippen molar-refractivity contribution in [3.05, 3.63) is 160 Å². The number of nitrogens with one attached hydrogen (secondary N) is 2. The number of anilines is 2. The summed E-state index contributed by atoms with van der Waals surface area (Å²) in [6, 6.07) is 41.4. The van der Waals surface area contributed by atoms with Gasteiger partial charge in [-0.05, 0) is 68.3 Å². The quantitative estimate of drug-likeness (QED) is 0.0943. The van der Waals surface area contributed by atoms with E-state index in [0.717, 1.165) is 0 Å². The van der Waals surface area contributed by atoms with Crippen LogP contribution >= 0.6 is 0 Å². The average Bonchev–Trinajstić information content (AvgIpc) is 3.29. The van der Waals surface area contributed by atoms with Gasteiger partial charge < -0.3 is 16.4 Å². The molecule has 230 valence electrons. The average molecular weight is 603 g/mol. The van der Waals surface area contributed by atoms with Crippen molar-refractivity contribution in [2.24, 2.45) is 10.7 Å². The first-order chi connectivity index (χ1) is 22.2. The van der Waals surface area contributed by atoms with Crippen molar-refractivity contribution in [2.45, 2.75) is 50.6 Å². The third-order valence-electron chi connectivity index (χ3n) is 9.95. The molecule has 0 saturated heterocycles. The van der Waals surface area contributed by atoms with Crippen molar-refractivity contribution in [3.63, 3.8) is 0 Å². The fraction of sp³-hybridized carbons (Fsp3) is 0.214. The van der Waals surface area contributed by atoms with Crippen LogP contribution in [0.3, 0.4) is 0 Å². The fourth-order valence-electron chi connectivity index (χ4n) is 7.44. The summed E-state index contributed by atoms with van der Waals surface area (Å²) in [5.74, 6) is -0.0365. The molecule has 46 heavy (non-hydrogen) atoms. The smallest absolute Gasteiger partial charge is 0.0862 e. The van der Waals surface area contributed by atoms with E-state index in [1.54, 1.807) is 6.34 Å².